The predicted molar refractivity (Wildman–Crippen MR) is 60.4 cm³/mol. The lowest BCUT2D eigenvalue weighted by atomic mass is 10.0. The first-order valence-corrected chi connectivity index (χ1v) is 5.78. The summed E-state index contributed by atoms with van der Waals surface area (Å²) in [6.07, 6.45) is 0.820. The molecule has 15 heavy (non-hydrogen) atoms. The van der Waals surface area contributed by atoms with Gasteiger partial charge in [-0.2, -0.15) is 0 Å². The fraction of sp³-hybridized carbons (Fsp3) is 0.455. The van der Waals surface area contributed by atoms with Gasteiger partial charge in [-0.15, -0.1) is 0 Å². The summed E-state index contributed by atoms with van der Waals surface area (Å²) >= 11 is 3.43. The van der Waals surface area contributed by atoms with Crippen LogP contribution in [0.4, 0.5) is 0 Å². The summed E-state index contributed by atoms with van der Waals surface area (Å²) in [5.74, 6) is 1.55. The van der Waals surface area contributed by atoms with E-state index in [0.29, 0.717) is 13.2 Å². The van der Waals surface area contributed by atoms with E-state index in [1.807, 2.05) is 13.0 Å². The van der Waals surface area contributed by atoms with Gasteiger partial charge in [0.1, 0.15) is 13.2 Å². The van der Waals surface area contributed by atoms with Crippen molar-refractivity contribution in [1.82, 2.24) is 0 Å². The predicted octanol–water partition coefficient (Wildman–Crippen LogP) is 2.28. The molecule has 0 atom stereocenters. The zero-order chi connectivity index (χ0) is 10.8. The van der Waals surface area contributed by atoms with Gasteiger partial charge in [-0.1, -0.05) is 22.9 Å². The Morgan fingerprint density at radius 1 is 1.33 bits per heavy atom. The Morgan fingerprint density at radius 2 is 2.07 bits per heavy atom. The van der Waals surface area contributed by atoms with Gasteiger partial charge in [0.25, 0.3) is 0 Å². The van der Waals surface area contributed by atoms with Gasteiger partial charge in [-0.05, 0) is 18.1 Å². The first-order chi connectivity index (χ1) is 7.27. The minimum absolute atomic E-state index is 0.0143. The van der Waals surface area contributed by atoms with Gasteiger partial charge < -0.3 is 14.6 Å². The van der Waals surface area contributed by atoms with Crippen LogP contribution in [0.15, 0.2) is 10.5 Å². The Kier molecular flexibility index (Phi) is 3.17. The van der Waals surface area contributed by atoms with Crippen molar-refractivity contribution in [2.75, 3.05) is 13.2 Å². The molecule has 1 aliphatic rings. The smallest absolute Gasteiger partial charge is 0.164 e. The second kappa shape index (κ2) is 4.41. The van der Waals surface area contributed by atoms with E-state index in [2.05, 4.69) is 15.9 Å². The Labute approximate surface area is 97.1 Å². The molecule has 1 aliphatic heterocycles. The van der Waals surface area contributed by atoms with Crippen molar-refractivity contribution < 1.29 is 14.6 Å². The highest BCUT2D eigenvalue weighted by molar-refractivity contribution is 9.10. The summed E-state index contributed by atoms with van der Waals surface area (Å²) in [4.78, 5) is 0. The second-order valence-electron chi connectivity index (χ2n) is 3.35. The maximum Gasteiger partial charge on any atom is 0.164 e. The minimum atomic E-state index is 0.0143. The molecule has 0 bridgehead atoms. The van der Waals surface area contributed by atoms with Crippen LogP contribution in [0, 0.1) is 0 Å². The quantitative estimate of drug-likeness (QED) is 0.898. The fourth-order valence-electron chi connectivity index (χ4n) is 1.80. The Balaban J connectivity index is 2.59. The Morgan fingerprint density at radius 3 is 2.73 bits per heavy atom. The fourth-order valence-corrected chi connectivity index (χ4v) is 2.38. The van der Waals surface area contributed by atoms with E-state index in [1.54, 1.807) is 0 Å². The van der Waals surface area contributed by atoms with Crippen molar-refractivity contribution in [2.24, 2.45) is 0 Å². The summed E-state index contributed by atoms with van der Waals surface area (Å²) in [6.45, 7) is 3.22. The van der Waals surface area contributed by atoms with E-state index >= 15 is 0 Å². The lowest BCUT2D eigenvalue weighted by molar-refractivity contribution is 0.169. The molecule has 0 radical (unpaired) electrons. The van der Waals surface area contributed by atoms with Crippen LogP contribution in [0.3, 0.4) is 0 Å². The Hall–Kier alpha value is -0.740. The van der Waals surface area contributed by atoms with Gasteiger partial charge in [0.05, 0.1) is 6.61 Å². The highest BCUT2D eigenvalue weighted by atomic mass is 79.9. The Bertz CT molecular complexity index is 377. The number of rotatable bonds is 2. The molecule has 0 unspecified atom stereocenters. The van der Waals surface area contributed by atoms with E-state index in [4.69, 9.17) is 9.47 Å². The number of halogens is 1. The van der Waals surface area contributed by atoms with Crippen molar-refractivity contribution in [3.63, 3.8) is 0 Å². The highest BCUT2D eigenvalue weighted by Crippen LogP contribution is 2.40. The third kappa shape index (κ3) is 1.84. The average molecular weight is 273 g/mol. The molecule has 0 aromatic heterocycles. The summed E-state index contributed by atoms with van der Waals surface area (Å²) in [5.41, 5.74) is 1.92. The molecule has 1 aromatic rings. The lowest BCUT2D eigenvalue weighted by Gasteiger charge is -2.23. The molecular formula is C11H13BrO3. The highest BCUT2D eigenvalue weighted by Gasteiger charge is 2.20. The van der Waals surface area contributed by atoms with Gasteiger partial charge >= 0.3 is 0 Å². The zero-order valence-electron chi connectivity index (χ0n) is 8.55. The normalized spacial score (nSPS) is 14.1. The monoisotopic (exact) mass is 272 g/mol. The molecule has 0 fully saturated rings. The lowest BCUT2D eigenvalue weighted by Crippen LogP contribution is -2.17. The number of ether oxygens (including phenoxy) is 2. The van der Waals surface area contributed by atoms with Gasteiger partial charge in [-0.25, -0.2) is 0 Å². The standard InChI is InChI=1S/C11H13BrO3/c1-2-7-8(6-13)9(12)5-10-11(7)15-4-3-14-10/h5,13H,2-4,6H2,1H3. The number of hydrogen-bond acceptors (Lipinski definition) is 3. The van der Waals surface area contributed by atoms with Gasteiger partial charge in [0.2, 0.25) is 0 Å². The molecule has 0 saturated heterocycles. The van der Waals surface area contributed by atoms with Crippen molar-refractivity contribution in [3.8, 4) is 11.5 Å². The van der Waals surface area contributed by atoms with Crippen LogP contribution in [0.1, 0.15) is 18.1 Å². The number of aliphatic hydroxyl groups is 1. The number of hydrogen-bond donors (Lipinski definition) is 1. The molecular weight excluding hydrogens is 260 g/mol. The summed E-state index contributed by atoms with van der Waals surface area (Å²) in [7, 11) is 0. The van der Waals surface area contributed by atoms with Crippen LogP contribution < -0.4 is 9.47 Å². The molecule has 0 spiro atoms. The van der Waals surface area contributed by atoms with Crippen molar-refractivity contribution in [2.45, 2.75) is 20.0 Å². The molecule has 2 rings (SSSR count). The molecule has 1 heterocycles. The third-order valence-corrected chi connectivity index (χ3v) is 3.21. The van der Waals surface area contributed by atoms with Crippen LogP contribution in [-0.2, 0) is 13.0 Å². The van der Waals surface area contributed by atoms with Gasteiger partial charge in [0, 0.05) is 10.0 Å². The van der Waals surface area contributed by atoms with Crippen LogP contribution >= 0.6 is 15.9 Å². The summed E-state index contributed by atoms with van der Waals surface area (Å²) < 4.78 is 12.0. The molecule has 82 valence electrons. The van der Waals surface area contributed by atoms with E-state index in [1.165, 1.54) is 0 Å². The van der Waals surface area contributed by atoms with Gasteiger partial charge in [-0.3, -0.25) is 0 Å². The largest absolute Gasteiger partial charge is 0.486 e. The number of aliphatic hydroxyl groups excluding tert-OH is 1. The molecule has 1 aromatic carbocycles. The van der Waals surface area contributed by atoms with E-state index in [-0.39, 0.29) is 6.61 Å². The molecule has 1 N–H and O–H groups in total. The number of benzene rings is 1. The molecule has 0 amide bonds. The summed E-state index contributed by atoms with van der Waals surface area (Å²) in [5, 5.41) is 9.31. The topological polar surface area (TPSA) is 38.7 Å². The van der Waals surface area contributed by atoms with Crippen molar-refractivity contribution in [1.29, 1.82) is 0 Å². The van der Waals surface area contributed by atoms with Crippen molar-refractivity contribution >= 4 is 15.9 Å². The maximum absolute atomic E-state index is 9.31. The van der Waals surface area contributed by atoms with E-state index < -0.39 is 0 Å². The van der Waals surface area contributed by atoms with Crippen LogP contribution in [0.5, 0.6) is 11.5 Å². The van der Waals surface area contributed by atoms with E-state index in [9.17, 15) is 5.11 Å². The van der Waals surface area contributed by atoms with Crippen molar-refractivity contribution in [3.05, 3.63) is 21.7 Å². The third-order valence-electron chi connectivity index (χ3n) is 2.51. The second-order valence-corrected chi connectivity index (χ2v) is 4.21. The minimum Gasteiger partial charge on any atom is -0.486 e. The molecule has 4 heteroatoms. The van der Waals surface area contributed by atoms with Crippen LogP contribution in [0.2, 0.25) is 0 Å². The summed E-state index contributed by atoms with van der Waals surface area (Å²) in [6, 6.07) is 1.86. The van der Waals surface area contributed by atoms with Crippen LogP contribution in [-0.4, -0.2) is 18.3 Å². The molecule has 0 aliphatic carbocycles. The number of fused-ring (bicyclic) bond motifs is 1. The van der Waals surface area contributed by atoms with E-state index in [0.717, 1.165) is 33.5 Å². The van der Waals surface area contributed by atoms with Crippen LogP contribution in [0.25, 0.3) is 0 Å². The average Bonchev–Trinajstić information content (AvgIpc) is 2.27. The first kappa shape index (κ1) is 10.8. The SMILES string of the molecule is CCc1c(CO)c(Br)cc2c1OCCO2. The first-order valence-electron chi connectivity index (χ1n) is 4.98. The maximum atomic E-state index is 9.31. The molecule has 3 nitrogen and oxygen atoms in total. The van der Waals surface area contributed by atoms with Gasteiger partial charge in [0.15, 0.2) is 11.5 Å². The molecule has 0 saturated carbocycles. The zero-order valence-corrected chi connectivity index (χ0v) is 10.1.